The predicted molar refractivity (Wildman–Crippen MR) is 39.6 cm³/mol. The zero-order chi connectivity index (χ0) is 7.83. The lowest BCUT2D eigenvalue weighted by Crippen LogP contribution is -2.38. The van der Waals surface area contributed by atoms with Crippen molar-refractivity contribution in [2.75, 3.05) is 0 Å². The Kier molecular flexibility index (Phi) is 1.61. The van der Waals surface area contributed by atoms with Crippen molar-refractivity contribution in [2.24, 2.45) is 0 Å². The Bertz CT molecular complexity index is 157. The Morgan fingerprint density at radius 2 is 1.90 bits per heavy atom. The first-order valence-corrected chi connectivity index (χ1v) is 3.54. The summed E-state index contributed by atoms with van der Waals surface area (Å²) in [4.78, 5) is 0. The van der Waals surface area contributed by atoms with Crippen molar-refractivity contribution in [3.63, 3.8) is 0 Å². The van der Waals surface area contributed by atoms with Gasteiger partial charge in [0.1, 0.15) is 0 Å². The van der Waals surface area contributed by atoms with Gasteiger partial charge >= 0.3 is 0 Å². The Balaban J connectivity index is 2.73. The van der Waals surface area contributed by atoms with E-state index in [4.69, 9.17) is 0 Å². The summed E-state index contributed by atoms with van der Waals surface area (Å²) in [5.74, 6) is 0. The van der Waals surface area contributed by atoms with Crippen molar-refractivity contribution in [1.82, 2.24) is 0 Å². The zero-order valence-corrected chi connectivity index (χ0v) is 6.46. The molecule has 0 amide bonds. The highest BCUT2D eigenvalue weighted by Gasteiger charge is 2.32. The highest BCUT2D eigenvalue weighted by molar-refractivity contribution is 5.08. The number of hydrogen-bond acceptors (Lipinski definition) is 2. The second kappa shape index (κ2) is 2.07. The van der Waals surface area contributed by atoms with Crippen LogP contribution in [-0.4, -0.2) is 21.4 Å². The predicted octanol–water partition coefficient (Wildman–Crippen LogP) is 0.838. The van der Waals surface area contributed by atoms with Crippen molar-refractivity contribution in [1.29, 1.82) is 0 Å². The number of rotatable bonds is 0. The molecule has 0 aromatic carbocycles. The zero-order valence-electron chi connectivity index (χ0n) is 6.46. The van der Waals surface area contributed by atoms with Crippen LogP contribution >= 0.6 is 0 Å². The van der Waals surface area contributed by atoms with Crippen molar-refractivity contribution in [2.45, 2.75) is 37.9 Å². The Morgan fingerprint density at radius 3 is 2.20 bits per heavy atom. The van der Waals surface area contributed by atoms with E-state index in [0.29, 0.717) is 12.8 Å². The number of aliphatic hydroxyl groups is 2. The van der Waals surface area contributed by atoms with E-state index in [1.54, 1.807) is 19.9 Å². The summed E-state index contributed by atoms with van der Waals surface area (Å²) in [6.07, 6.45) is 4.63. The van der Waals surface area contributed by atoms with Gasteiger partial charge in [0.25, 0.3) is 0 Å². The van der Waals surface area contributed by atoms with Gasteiger partial charge in [-0.3, -0.25) is 0 Å². The SMILES string of the molecule is CC1(O)C=CCC(C)(O)C1. The second-order valence-electron chi connectivity index (χ2n) is 3.64. The lowest BCUT2D eigenvalue weighted by atomic mass is 9.82. The third-order valence-corrected chi connectivity index (χ3v) is 1.77. The van der Waals surface area contributed by atoms with Gasteiger partial charge in [-0.05, 0) is 20.3 Å². The van der Waals surface area contributed by atoms with Crippen LogP contribution < -0.4 is 0 Å². The van der Waals surface area contributed by atoms with Crippen LogP contribution in [0, 0.1) is 0 Å². The normalized spacial score (nSPS) is 47.6. The highest BCUT2D eigenvalue weighted by atomic mass is 16.3. The smallest absolute Gasteiger partial charge is 0.0827 e. The fourth-order valence-corrected chi connectivity index (χ4v) is 1.47. The molecule has 58 valence electrons. The van der Waals surface area contributed by atoms with Crippen LogP contribution in [0.3, 0.4) is 0 Å². The standard InChI is InChI=1S/C8H14O2/c1-7(9)4-3-5-8(2,10)6-7/h3-4,9-10H,5-6H2,1-2H3. The molecule has 2 heteroatoms. The monoisotopic (exact) mass is 142 g/mol. The molecular formula is C8H14O2. The van der Waals surface area contributed by atoms with Gasteiger partial charge in [0.15, 0.2) is 0 Å². The summed E-state index contributed by atoms with van der Waals surface area (Å²) in [5.41, 5.74) is -1.54. The quantitative estimate of drug-likeness (QED) is 0.492. The van der Waals surface area contributed by atoms with Crippen molar-refractivity contribution in [3.8, 4) is 0 Å². The van der Waals surface area contributed by atoms with Crippen LogP contribution in [0.15, 0.2) is 12.2 Å². The van der Waals surface area contributed by atoms with Crippen LogP contribution in [-0.2, 0) is 0 Å². The molecule has 0 radical (unpaired) electrons. The second-order valence-corrected chi connectivity index (χ2v) is 3.64. The molecule has 0 aromatic heterocycles. The molecular weight excluding hydrogens is 128 g/mol. The van der Waals surface area contributed by atoms with Crippen LogP contribution in [0.25, 0.3) is 0 Å². The molecule has 1 aliphatic rings. The molecule has 0 spiro atoms. The van der Waals surface area contributed by atoms with Crippen molar-refractivity contribution >= 4 is 0 Å². The molecule has 2 nitrogen and oxygen atoms in total. The lowest BCUT2D eigenvalue weighted by molar-refractivity contribution is -0.0276. The maximum atomic E-state index is 9.50. The third-order valence-electron chi connectivity index (χ3n) is 1.77. The molecule has 0 fully saturated rings. The number of hydrogen-bond donors (Lipinski definition) is 2. The van der Waals surface area contributed by atoms with Gasteiger partial charge in [0.05, 0.1) is 11.2 Å². The van der Waals surface area contributed by atoms with Crippen LogP contribution in [0.1, 0.15) is 26.7 Å². The largest absolute Gasteiger partial charge is 0.390 e. The maximum Gasteiger partial charge on any atom is 0.0827 e. The van der Waals surface area contributed by atoms with E-state index < -0.39 is 11.2 Å². The minimum Gasteiger partial charge on any atom is -0.390 e. The maximum absolute atomic E-state index is 9.50. The molecule has 1 aliphatic carbocycles. The Hall–Kier alpha value is -0.340. The Morgan fingerprint density at radius 1 is 1.30 bits per heavy atom. The molecule has 2 unspecified atom stereocenters. The molecule has 0 bridgehead atoms. The molecule has 2 N–H and O–H groups in total. The molecule has 0 aliphatic heterocycles. The Labute approximate surface area is 61.2 Å². The van der Waals surface area contributed by atoms with E-state index in [0.717, 1.165) is 0 Å². The van der Waals surface area contributed by atoms with Gasteiger partial charge in [0.2, 0.25) is 0 Å². The summed E-state index contributed by atoms with van der Waals surface area (Å²) in [7, 11) is 0. The van der Waals surface area contributed by atoms with E-state index >= 15 is 0 Å². The van der Waals surface area contributed by atoms with Crippen molar-refractivity contribution in [3.05, 3.63) is 12.2 Å². The minimum absolute atomic E-state index is 0.427. The topological polar surface area (TPSA) is 40.5 Å². The van der Waals surface area contributed by atoms with Gasteiger partial charge in [-0.2, -0.15) is 0 Å². The molecule has 0 saturated heterocycles. The van der Waals surface area contributed by atoms with Crippen LogP contribution in [0.5, 0.6) is 0 Å². The average Bonchev–Trinajstić information content (AvgIpc) is 1.56. The molecule has 1 rings (SSSR count). The van der Waals surface area contributed by atoms with Gasteiger partial charge in [-0.25, -0.2) is 0 Å². The summed E-state index contributed by atoms with van der Waals surface area (Å²) in [6, 6.07) is 0. The average molecular weight is 142 g/mol. The van der Waals surface area contributed by atoms with E-state index in [-0.39, 0.29) is 0 Å². The summed E-state index contributed by atoms with van der Waals surface area (Å²) < 4.78 is 0. The highest BCUT2D eigenvalue weighted by Crippen LogP contribution is 2.29. The first-order valence-electron chi connectivity index (χ1n) is 3.54. The lowest BCUT2D eigenvalue weighted by Gasteiger charge is -2.33. The van der Waals surface area contributed by atoms with Gasteiger partial charge < -0.3 is 10.2 Å². The van der Waals surface area contributed by atoms with E-state index in [9.17, 15) is 10.2 Å². The van der Waals surface area contributed by atoms with Gasteiger partial charge in [-0.15, -0.1) is 0 Å². The van der Waals surface area contributed by atoms with E-state index in [2.05, 4.69) is 0 Å². The van der Waals surface area contributed by atoms with Crippen LogP contribution in [0.4, 0.5) is 0 Å². The first-order chi connectivity index (χ1) is 4.41. The molecule has 10 heavy (non-hydrogen) atoms. The minimum atomic E-state index is -0.818. The third kappa shape index (κ3) is 1.82. The summed E-state index contributed by atoms with van der Waals surface area (Å²) in [6.45, 7) is 3.45. The van der Waals surface area contributed by atoms with Gasteiger partial charge in [-0.1, -0.05) is 12.2 Å². The molecule has 0 heterocycles. The van der Waals surface area contributed by atoms with Crippen LogP contribution in [0.2, 0.25) is 0 Å². The summed E-state index contributed by atoms with van der Waals surface area (Å²) >= 11 is 0. The summed E-state index contributed by atoms with van der Waals surface area (Å²) in [5, 5.41) is 19.0. The van der Waals surface area contributed by atoms with Gasteiger partial charge in [0, 0.05) is 6.42 Å². The van der Waals surface area contributed by atoms with E-state index in [1.807, 2.05) is 6.08 Å². The molecule has 0 saturated carbocycles. The van der Waals surface area contributed by atoms with E-state index in [1.165, 1.54) is 0 Å². The van der Waals surface area contributed by atoms with Crippen molar-refractivity contribution < 1.29 is 10.2 Å². The fraction of sp³-hybridized carbons (Fsp3) is 0.750. The fourth-order valence-electron chi connectivity index (χ4n) is 1.47. The molecule has 0 aromatic rings. The molecule has 2 atom stereocenters. The first kappa shape index (κ1) is 7.76.